The van der Waals surface area contributed by atoms with Crippen LogP contribution in [0.2, 0.25) is 0 Å². The summed E-state index contributed by atoms with van der Waals surface area (Å²) < 4.78 is 0. The molecular weight excluding hydrogens is 196 g/mol. The van der Waals surface area contributed by atoms with Crippen molar-refractivity contribution >= 4 is 5.82 Å². The van der Waals surface area contributed by atoms with Crippen LogP contribution in [0.4, 0.5) is 5.82 Å². The Labute approximate surface area is 88.0 Å². The van der Waals surface area contributed by atoms with Crippen molar-refractivity contribution < 1.29 is 4.92 Å². The SMILES string of the molecule is NCCCCCCc1cc([N+](=O)[O-])[nH]n1. The minimum atomic E-state index is -0.467. The van der Waals surface area contributed by atoms with E-state index in [1.165, 1.54) is 6.07 Å². The van der Waals surface area contributed by atoms with Gasteiger partial charge in [0.2, 0.25) is 0 Å². The van der Waals surface area contributed by atoms with Crippen molar-refractivity contribution in [3.05, 3.63) is 21.9 Å². The highest BCUT2D eigenvalue weighted by molar-refractivity contribution is 5.20. The van der Waals surface area contributed by atoms with Crippen molar-refractivity contribution in [1.29, 1.82) is 0 Å². The monoisotopic (exact) mass is 212 g/mol. The first-order valence-corrected chi connectivity index (χ1v) is 5.13. The summed E-state index contributed by atoms with van der Waals surface area (Å²) in [5, 5.41) is 16.6. The Balaban J connectivity index is 2.23. The maximum atomic E-state index is 10.3. The van der Waals surface area contributed by atoms with Crippen LogP contribution in [0, 0.1) is 10.1 Å². The van der Waals surface area contributed by atoms with Crippen molar-refractivity contribution in [2.45, 2.75) is 32.1 Å². The molecule has 0 aromatic carbocycles. The summed E-state index contributed by atoms with van der Waals surface area (Å²) in [7, 11) is 0. The molecule has 6 heteroatoms. The summed E-state index contributed by atoms with van der Waals surface area (Å²) >= 11 is 0. The van der Waals surface area contributed by atoms with Gasteiger partial charge in [-0.05, 0) is 30.7 Å². The summed E-state index contributed by atoms with van der Waals surface area (Å²) in [4.78, 5) is 9.88. The number of aryl methyl sites for hydroxylation is 1. The number of aromatic nitrogens is 2. The number of hydrogen-bond acceptors (Lipinski definition) is 4. The molecule has 1 aromatic heterocycles. The minimum absolute atomic E-state index is 0.0352. The molecule has 0 amide bonds. The predicted octanol–water partition coefficient (Wildman–Crippen LogP) is 1.38. The van der Waals surface area contributed by atoms with Gasteiger partial charge >= 0.3 is 5.82 Å². The molecule has 3 N–H and O–H groups in total. The molecule has 0 aliphatic carbocycles. The summed E-state index contributed by atoms with van der Waals surface area (Å²) in [6.07, 6.45) is 5.04. The second-order valence-electron chi connectivity index (χ2n) is 3.45. The van der Waals surface area contributed by atoms with Gasteiger partial charge in [0.15, 0.2) is 0 Å². The van der Waals surface area contributed by atoms with Crippen LogP contribution >= 0.6 is 0 Å². The molecular formula is C9H16N4O2. The lowest BCUT2D eigenvalue weighted by Gasteiger charge is -1.96. The normalized spacial score (nSPS) is 10.5. The standard InChI is InChI=1S/C9H16N4O2/c10-6-4-2-1-3-5-8-7-9(12-11-8)13(14)15/h7H,1-6,10H2,(H,11,12). The van der Waals surface area contributed by atoms with E-state index < -0.39 is 4.92 Å². The topological polar surface area (TPSA) is 97.8 Å². The van der Waals surface area contributed by atoms with Crippen molar-refractivity contribution in [2.24, 2.45) is 5.73 Å². The number of nitrogens with one attached hydrogen (secondary N) is 1. The van der Waals surface area contributed by atoms with Gasteiger partial charge in [0.05, 0.1) is 11.8 Å². The van der Waals surface area contributed by atoms with Gasteiger partial charge in [-0.3, -0.25) is 0 Å². The van der Waals surface area contributed by atoms with Crippen molar-refractivity contribution in [2.75, 3.05) is 6.54 Å². The van der Waals surface area contributed by atoms with E-state index in [4.69, 9.17) is 5.73 Å². The van der Waals surface area contributed by atoms with Gasteiger partial charge in [-0.1, -0.05) is 17.9 Å². The third kappa shape index (κ3) is 4.07. The number of H-pyrrole nitrogens is 1. The molecule has 6 nitrogen and oxygen atoms in total. The van der Waals surface area contributed by atoms with Crippen LogP contribution in [-0.2, 0) is 6.42 Å². The Morgan fingerprint density at radius 3 is 2.73 bits per heavy atom. The van der Waals surface area contributed by atoms with E-state index >= 15 is 0 Å². The van der Waals surface area contributed by atoms with Crippen LogP contribution in [0.3, 0.4) is 0 Å². The summed E-state index contributed by atoms with van der Waals surface area (Å²) in [6.45, 7) is 0.730. The van der Waals surface area contributed by atoms with Crippen LogP contribution < -0.4 is 5.73 Å². The first kappa shape index (κ1) is 11.6. The fourth-order valence-corrected chi connectivity index (χ4v) is 1.38. The van der Waals surface area contributed by atoms with Crippen LogP contribution in [0.15, 0.2) is 6.07 Å². The lowest BCUT2D eigenvalue weighted by molar-refractivity contribution is -0.389. The van der Waals surface area contributed by atoms with E-state index in [0.29, 0.717) is 0 Å². The van der Waals surface area contributed by atoms with Gasteiger partial charge < -0.3 is 15.8 Å². The zero-order valence-corrected chi connectivity index (χ0v) is 8.61. The highest BCUT2D eigenvalue weighted by atomic mass is 16.6. The molecule has 15 heavy (non-hydrogen) atoms. The van der Waals surface area contributed by atoms with Gasteiger partial charge in [-0.2, -0.15) is 0 Å². The lowest BCUT2D eigenvalue weighted by Crippen LogP contribution is -1.97. The van der Waals surface area contributed by atoms with E-state index in [-0.39, 0.29) is 5.82 Å². The minimum Gasteiger partial charge on any atom is -0.358 e. The first-order valence-electron chi connectivity index (χ1n) is 5.13. The first-order chi connectivity index (χ1) is 7.24. The summed E-state index contributed by atoms with van der Waals surface area (Å²) in [5.41, 5.74) is 6.12. The van der Waals surface area contributed by atoms with Crippen molar-refractivity contribution in [3.63, 3.8) is 0 Å². The van der Waals surface area contributed by atoms with Gasteiger partial charge in [-0.25, -0.2) is 0 Å². The largest absolute Gasteiger partial charge is 0.358 e. The molecule has 0 radical (unpaired) electrons. The summed E-state index contributed by atoms with van der Waals surface area (Å²) in [5.74, 6) is -0.0352. The third-order valence-electron chi connectivity index (χ3n) is 2.20. The van der Waals surface area contributed by atoms with Crippen LogP contribution in [0.5, 0.6) is 0 Å². The molecule has 0 saturated carbocycles. The van der Waals surface area contributed by atoms with Crippen LogP contribution in [0.1, 0.15) is 31.4 Å². The smallest absolute Gasteiger partial charge is 0.342 e. The Morgan fingerprint density at radius 2 is 2.13 bits per heavy atom. The Kier molecular flexibility index (Phi) is 4.76. The van der Waals surface area contributed by atoms with E-state index in [1.54, 1.807) is 0 Å². The van der Waals surface area contributed by atoms with E-state index in [0.717, 1.165) is 44.3 Å². The molecule has 1 aromatic rings. The molecule has 0 unspecified atom stereocenters. The average molecular weight is 212 g/mol. The number of rotatable bonds is 7. The predicted molar refractivity (Wildman–Crippen MR) is 56.5 cm³/mol. The molecule has 0 fully saturated rings. The molecule has 0 atom stereocenters. The van der Waals surface area contributed by atoms with Gasteiger partial charge in [0.25, 0.3) is 0 Å². The highest BCUT2D eigenvalue weighted by Crippen LogP contribution is 2.11. The Morgan fingerprint density at radius 1 is 1.40 bits per heavy atom. The van der Waals surface area contributed by atoms with E-state index in [9.17, 15) is 10.1 Å². The molecule has 0 spiro atoms. The quantitative estimate of drug-likeness (QED) is 0.405. The maximum Gasteiger partial charge on any atom is 0.342 e. The van der Waals surface area contributed by atoms with Gasteiger partial charge in [0.1, 0.15) is 0 Å². The molecule has 1 heterocycles. The van der Waals surface area contributed by atoms with E-state index in [2.05, 4.69) is 10.2 Å². The molecule has 84 valence electrons. The van der Waals surface area contributed by atoms with E-state index in [1.807, 2.05) is 0 Å². The van der Waals surface area contributed by atoms with Gasteiger partial charge in [-0.15, -0.1) is 5.10 Å². The number of nitrogens with zero attached hydrogens (tertiary/aromatic N) is 2. The van der Waals surface area contributed by atoms with Crippen LogP contribution in [-0.4, -0.2) is 21.7 Å². The second-order valence-corrected chi connectivity index (χ2v) is 3.45. The zero-order valence-electron chi connectivity index (χ0n) is 8.61. The fourth-order valence-electron chi connectivity index (χ4n) is 1.38. The number of hydrogen-bond donors (Lipinski definition) is 2. The molecule has 1 rings (SSSR count). The van der Waals surface area contributed by atoms with Gasteiger partial charge in [0, 0.05) is 0 Å². The summed E-state index contributed by atoms with van der Waals surface area (Å²) in [6, 6.07) is 1.49. The average Bonchev–Trinajstić information content (AvgIpc) is 2.66. The van der Waals surface area contributed by atoms with Crippen molar-refractivity contribution in [1.82, 2.24) is 10.2 Å². The number of aromatic amines is 1. The third-order valence-corrected chi connectivity index (χ3v) is 2.20. The van der Waals surface area contributed by atoms with Crippen molar-refractivity contribution in [3.8, 4) is 0 Å². The maximum absolute atomic E-state index is 10.3. The molecule has 0 aliphatic heterocycles. The second kappa shape index (κ2) is 6.13. The number of nitrogens with two attached hydrogens (primary N) is 1. The molecule has 0 bridgehead atoms. The molecule has 0 saturated heterocycles. The fraction of sp³-hybridized carbons (Fsp3) is 0.667. The Hall–Kier alpha value is -1.43. The highest BCUT2D eigenvalue weighted by Gasteiger charge is 2.08. The Bertz CT molecular complexity index is 311. The molecule has 0 aliphatic rings. The van der Waals surface area contributed by atoms with Crippen LogP contribution in [0.25, 0.3) is 0 Å². The number of unbranched alkanes of at least 4 members (excludes halogenated alkanes) is 3. The lowest BCUT2D eigenvalue weighted by atomic mass is 10.1. The zero-order chi connectivity index (χ0) is 11.1. The number of nitro groups is 1.